The molecule has 0 radical (unpaired) electrons. The summed E-state index contributed by atoms with van der Waals surface area (Å²) in [6.45, 7) is 5.72. The molecule has 11 heteroatoms. The Hall–Kier alpha value is -4.51. The molecule has 7 nitrogen and oxygen atoms in total. The number of carbonyl (C=O) groups is 2. The fourth-order valence-corrected chi connectivity index (χ4v) is 4.61. The number of rotatable bonds is 6. The minimum absolute atomic E-state index is 0.124. The van der Waals surface area contributed by atoms with Crippen molar-refractivity contribution in [1.82, 2.24) is 10.2 Å². The van der Waals surface area contributed by atoms with Crippen LogP contribution in [-0.2, 0) is 11.0 Å². The summed E-state index contributed by atoms with van der Waals surface area (Å²) in [5.41, 5.74) is 12.5. The van der Waals surface area contributed by atoms with Gasteiger partial charge in [-0.15, -0.1) is 0 Å². The van der Waals surface area contributed by atoms with Crippen LogP contribution in [0.1, 0.15) is 48.2 Å². The van der Waals surface area contributed by atoms with E-state index in [0.717, 1.165) is 12.1 Å². The largest absolute Gasteiger partial charge is 0.416 e. The summed E-state index contributed by atoms with van der Waals surface area (Å²) in [7, 11) is 0. The van der Waals surface area contributed by atoms with Crippen molar-refractivity contribution in [2.75, 3.05) is 13.1 Å². The molecule has 222 valence electrons. The van der Waals surface area contributed by atoms with E-state index in [0.29, 0.717) is 22.9 Å². The van der Waals surface area contributed by atoms with Gasteiger partial charge in [-0.05, 0) is 55.0 Å². The lowest BCUT2D eigenvalue weighted by Gasteiger charge is -2.41. The molecule has 1 aliphatic heterocycles. The third-order valence-corrected chi connectivity index (χ3v) is 6.51. The molecule has 0 bridgehead atoms. The van der Waals surface area contributed by atoms with Crippen molar-refractivity contribution in [2.45, 2.75) is 38.9 Å². The number of likely N-dealkylation sites (tertiary alicyclic amines) is 1. The first kappa shape index (κ1) is 32.0. The van der Waals surface area contributed by atoms with E-state index in [2.05, 4.69) is 5.32 Å². The number of nitrogens with one attached hydrogen (secondary N) is 1. The second-order valence-corrected chi connectivity index (χ2v) is 9.06. The number of nitrogens with two attached hydrogens (primary N) is 2. The third kappa shape index (κ3) is 7.03. The van der Waals surface area contributed by atoms with Crippen molar-refractivity contribution in [3.63, 3.8) is 0 Å². The fourth-order valence-electron chi connectivity index (χ4n) is 4.61. The van der Waals surface area contributed by atoms with E-state index in [1.807, 2.05) is 13.8 Å². The van der Waals surface area contributed by atoms with Gasteiger partial charge in [0.2, 0.25) is 0 Å². The molecule has 0 aliphatic carbocycles. The monoisotopic (exact) mass is 583 g/mol. The van der Waals surface area contributed by atoms with Gasteiger partial charge in [0.05, 0.1) is 11.3 Å². The Kier molecular flexibility index (Phi) is 10.6. The van der Waals surface area contributed by atoms with Crippen LogP contribution >= 0.6 is 0 Å². The van der Waals surface area contributed by atoms with Crippen LogP contribution < -0.4 is 16.8 Å². The Labute approximate surface area is 241 Å². The smallest absolute Gasteiger partial charge is 0.401 e. The zero-order valence-electron chi connectivity index (χ0n) is 23.5. The zero-order chi connectivity index (χ0) is 31.0. The van der Waals surface area contributed by atoms with Crippen LogP contribution in [0.5, 0.6) is 0 Å². The topological polar surface area (TPSA) is 114 Å². The van der Waals surface area contributed by atoms with Gasteiger partial charge in [-0.2, -0.15) is 13.2 Å². The van der Waals surface area contributed by atoms with Crippen molar-refractivity contribution in [1.29, 1.82) is 0 Å². The molecule has 3 aromatic rings. The summed E-state index contributed by atoms with van der Waals surface area (Å²) in [5.74, 6) is -2.76. The molecule has 3 aromatic carbocycles. The first-order chi connectivity index (χ1) is 20.0. The van der Waals surface area contributed by atoms with E-state index in [9.17, 15) is 27.2 Å². The summed E-state index contributed by atoms with van der Waals surface area (Å²) in [6, 6.07) is 16.7. The minimum Gasteiger partial charge on any atom is -0.401 e. The lowest BCUT2D eigenvalue weighted by molar-refractivity contribution is -0.137. The van der Waals surface area contributed by atoms with E-state index in [4.69, 9.17) is 16.5 Å². The minimum atomic E-state index is -4.67. The lowest BCUT2D eigenvalue weighted by atomic mass is 9.78. The van der Waals surface area contributed by atoms with Gasteiger partial charge >= 0.3 is 6.18 Å². The molecule has 42 heavy (non-hydrogen) atoms. The number of benzene rings is 3. The van der Waals surface area contributed by atoms with Crippen LogP contribution in [0, 0.1) is 5.82 Å². The van der Waals surface area contributed by atoms with Crippen molar-refractivity contribution in [3.8, 4) is 0 Å². The van der Waals surface area contributed by atoms with Crippen LogP contribution in [0.15, 0.2) is 95.1 Å². The number of hydrogen-bond acceptors (Lipinski definition) is 5. The van der Waals surface area contributed by atoms with Crippen molar-refractivity contribution >= 4 is 23.3 Å². The average molecular weight is 584 g/mol. The van der Waals surface area contributed by atoms with Gasteiger partial charge in [0.25, 0.3) is 11.8 Å². The molecular weight excluding hydrogens is 550 g/mol. The highest BCUT2D eigenvalue weighted by Gasteiger charge is 2.46. The molecule has 0 aromatic heterocycles. The van der Waals surface area contributed by atoms with Gasteiger partial charge in [-0.3, -0.25) is 14.5 Å². The van der Waals surface area contributed by atoms with Gasteiger partial charge in [0.1, 0.15) is 17.7 Å². The first-order valence-electron chi connectivity index (χ1n) is 13.4. The number of nitrogens with zero attached hydrogens (tertiary/aromatic N) is 2. The summed E-state index contributed by atoms with van der Waals surface area (Å²) >= 11 is 0. The van der Waals surface area contributed by atoms with E-state index in [1.54, 1.807) is 37.3 Å². The van der Waals surface area contributed by atoms with Gasteiger partial charge < -0.3 is 16.8 Å². The summed E-state index contributed by atoms with van der Waals surface area (Å²) in [5, 5.41) is 2.61. The van der Waals surface area contributed by atoms with Crippen LogP contribution in [-0.4, -0.2) is 41.7 Å². The number of carbonyl (C=O) groups excluding carboxylic acids is 2. The highest BCUT2D eigenvalue weighted by molar-refractivity contribution is 6.15. The summed E-state index contributed by atoms with van der Waals surface area (Å²) in [4.78, 5) is 33.2. The first-order valence-corrected chi connectivity index (χ1v) is 13.4. The number of aliphatic imine (C=N–C) groups is 1. The van der Waals surface area contributed by atoms with Crippen molar-refractivity contribution < 1.29 is 27.2 Å². The molecule has 0 spiro atoms. The molecule has 1 fully saturated rings. The van der Waals surface area contributed by atoms with Crippen LogP contribution in [0.3, 0.4) is 0 Å². The fraction of sp³-hybridized carbons (Fsp3) is 0.258. The zero-order valence-corrected chi connectivity index (χ0v) is 23.5. The number of amidine groups is 1. The Morgan fingerprint density at radius 3 is 2.21 bits per heavy atom. The number of para-hydroxylation sites is 1. The second kappa shape index (κ2) is 13.9. The maximum Gasteiger partial charge on any atom is 0.416 e. The standard InChI is InChI=1S/C29H27F4N5O2.C2H6/c1-2-38-26(36-21-9-4-3-5-10-21)24(22(35)16-34)23(17-11-13-20(30)14-12-17)25(28(38)40)37-27(39)18-7-6-8-19(15-18)29(31,32)33;1-2/h3-15,23,25H,2,16,34-35H2,1H3,(H,37,39);1-2H3/b24-22-,36-26?;. The normalized spacial score (nSPS) is 19.2. The molecule has 1 aliphatic rings. The third-order valence-electron chi connectivity index (χ3n) is 6.51. The van der Waals surface area contributed by atoms with E-state index < -0.39 is 41.3 Å². The molecule has 2 unspecified atom stereocenters. The number of alkyl halides is 3. The highest BCUT2D eigenvalue weighted by atomic mass is 19.4. The molecule has 2 atom stereocenters. The molecule has 1 saturated heterocycles. The summed E-state index contributed by atoms with van der Waals surface area (Å²) < 4.78 is 53.8. The molecule has 0 saturated carbocycles. The number of amides is 2. The molecule has 4 rings (SSSR count). The molecule has 1 heterocycles. The van der Waals surface area contributed by atoms with E-state index >= 15 is 0 Å². The maximum atomic E-state index is 13.9. The van der Waals surface area contributed by atoms with Gasteiger partial charge in [0, 0.05) is 35.8 Å². The van der Waals surface area contributed by atoms with E-state index in [1.165, 1.54) is 35.2 Å². The Morgan fingerprint density at radius 2 is 1.64 bits per heavy atom. The molecule has 2 amide bonds. The predicted molar refractivity (Wildman–Crippen MR) is 154 cm³/mol. The van der Waals surface area contributed by atoms with Gasteiger partial charge in [-0.25, -0.2) is 9.38 Å². The van der Waals surface area contributed by atoms with Crippen molar-refractivity contribution in [2.24, 2.45) is 16.5 Å². The Balaban J connectivity index is 0.00000237. The molecule has 5 N–H and O–H groups in total. The van der Waals surface area contributed by atoms with Gasteiger partial charge in [0.15, 0.2) is 0 Å². The SMILES string of the molecule is CC.CCN1C(=O)C(NC(=O)c2cccc(C(F)(F)F)c2)C(c2ccc(F)cc2)/C(=C(/N)CN)C1=Nc1ccccc1. The van der Waals surface area contributed by atoms with Gasteiger partial charge in [-0.1, -0.05) is 50.2 Å². The summed E-state index contributed by atoms with van der Waals surface area (Å²) in [6.07, 6.45) is -4.67. The average Bonchev–Trinajstić information content (AvgIpc) is 2.99. The lowest BCUT2D eigenvalue weighted by Crippen LogP contribution is -2.59. The number of hydrogen-bond donors (Lipinski definition) is 3. The van der Waals surface area contributed by atoms with Crippen LogP contribution in [0.4, 0.5) is 23.2 Å². The van der Waals surface area contributed by atoms with Crippen molar-refractivity contribution in [3.05, 3.63) is 113 Å². The number of likely N-dealkylation sites (N-methyl/N-ethyl adjacent to an activating group) is 1. The van der Waals surface area contributed by atoms with Crippen LogP contribution in [0.25, 0.3) is 0 Å². The molecular formula is C31H33F4N5O2. The van der Waals surface area contributed by atoms with E-state index in [-0.39, 0.29) is 30.2 Å². The Bertz CT molecular complexity index is 1450. The quantitative estimate of drug-likeness (QED) is 0.332. The number of halogens is 4. The Morgan fingerprint density at radius 1 is 1.00 bits per heavy atom. The maximum absolute atomic E-state index is 13.9. The number of piperidine rings is 1. The predicted octanol–water partition coefficient (Wildman–Crippen LogP) is 5.52. The second-order valence-electron chi connectivity index (χ2n) is 9.06. The highest BCUT2D eigenvalue weighted by Crippen LogP contribution is 2.38. The van der Waals surface area contributed by atoms with Crippen LogP contribution in [0.2, 0.25) is 0 Å².